The second-order valence-electron chi connectivity index (χ2n) is 8.68. The Balaban J connectivity index is 2.72. The van der Waals surface area contributed by atoms with Crippen molar-refractivity contribution in [2.24, 2.45) is 5.41 Å². The summed E-state index contributed by atoms with van der Waals surface area (Å²) < 4.78 is 12.0. The van der Waals surface area contributed by atoms with Crippen LogP contribution in [0.4, 0.5) is 0 Å². The summed E-state index contributed by atoms with van der Waals surface area (Å²) >= 11 is 0. The molecule has 0 saturated carbocycles. The molecule has 5 nitrogen and oxygen atoms in total. The maximum absolute atomic E-state index is 12.5. The molecule has 1 heterocycles. The lowest BCUT2D eigenvalue weighted by atomic mass is 9.96. The van der Waals surface area contributed by atoms with Crippen LogP contribution in [0.5, 0.6) is 0 Å². The van der Waals surface area contributed by atoms with Crippen LogP contribution in [0.1, 0.15) is 47.5 Å². The molecular formula is C18H33NO4Si. The zero-order chi connectivity index (χ0) is 18.6. The van der Waals surface area contributed by atoms with Crippen LogP contribution in [0, 0.1) is 17.4 Å². The Bertz CT molecular complexity index is 499. The van der Waals surface area contributed by atoms with Crippen LogP contribution >= 0.6 is 0 Å². The van der Waals surface area contributed by atoms with Gasteiger partial charge in [-0.15, -0.1) is 0 Å². The van der Waals surface area contributed by atoms with Crippen LogP contribution in [-0.4, -0.2) is 49.3 Å². The minimum absolute atomic E-state index is 0.0415. The fraction of sp³-hybridized carbons (Fsp3) is 0.833. The Labute approximate surface area is 147 Å². The summed E-state index contributed by atoms with van der Waals surface area (Å²) in [4.78, 5) is 14.4. The Morgan fingerprint density at radius 1 is 1.29 bits per heavy atom. The Morgan fingerprint density at radius 3 is 2.46 bits per heavy atom. The summed E-state index contributed by atoms with van der Waals surface area (Å²) in [7, 11) is -2.10. The van der Waals surface area contributed by atoms with Crippen LogP contribution in [-0.2, 0) is 14.0 Å². The minimum atomic E-state index is -2.10. The Morgan fingerprint density at radius 2 is 1.92 bits per heavy atom. The van der Waals surface area contributed by atoms with Gasteiger partial charge in [0.1, 0.15) is 18.4 Å². The lowest BCUT2D eigenvalue weighted by Crippen LogP contribution is -2.45. The molecule has 0 radical (unpaired) electrons. The molecule has 0 unspecified atom stereocenters. The highest BCUT2D eigenvalue weighted by Crippen LogP contribution is 2.34. The number of rotatable bonds is 5. The van der Waals surface area contributed by atoms with Crippen molar-refractivity contribution in [2.45, 2.75) is 78.4 Å². The molecule has 0 aromatic heterocycles. The van der Waals surface area contributed by atoms with Crippen molar-refractivity contribution in [3.05, 3.63) is 0 Å². The molecule has 1 rings (SSSR count). The van der Waals surface area contributed by atoms with E-state index >= 15 is 0 Å². The highest BCUT2D eigenvalue weighted by molar-refractivity contribution is 6.71. The van der Waals surface area contributed by atoms with Gasteiger partial charge >= 0.3 is 5.97 Å². The number of hydrogen-bond acceptors (Lipinski definition) is 5. The molecule has 1 aliphatic heterocycles. The van der Waals surface area contributed by atoms with E-state index in [2.05, 4.69) is 25.1 Å². The number of likely N-dealkylation sites (tertiary alicyclic amines) is 1. The lowest BCUT2D eigenvalue weighted by Gasteiger charge is -2.36. The van der Waals surface area contributed by atoms with E-state index in [0.29, 0.717) is 6.04 Å². The molecule has 1 aliphatic rings. The molecule has 0 aliphatic carbocycles. The molecule has 138 valence electrons. The van der Waals surface area contributed by atoms with Crippen LogP contribution in [0.3, 0.4) is 0 Å². The van der Waals surface area contributed by atoms with E-state index in [1.165, 1.54) is 0 Å². The number of carbonyl (C=O) groups excluding carboxylic acids is 1. The standard InChI is InChI=1S/C18H33NO4Si/c1-17(2,3)22-16(21)18(4,5)14-24(6,7)23-15-10-8-11-19(15)12-9-13-20/h15,20H,8,10-11,13-14H2,1-7H3/t15-/m1/s1. The van der Waals surface area contributed by atoms with Gasteiger partial charge in [-0.3, -0.25) is 4.79 Å². The first kappa shape index (κ1) is 21.0. The van der Waals surface area contributed by atoms with E-state index in [-0.39, 0.29) is 18.8 Å². The molecule has 1 atom stereocenters. The van der Waals surface area contributed by atoms with E-state index in [9.17, 15) is 4.79 Å². The minimum Gasteiger partial charge on any atom is -0.460 e. The molecule has 6 heteroatoms. The Kier molecular flexibility index (Phi) is 6.91. The van der Waals surface area contributed by atoms with Gasteiger partial charge in [-0.05, 0) is 66.6 Å². The monoisotopic (exact) mass is 355 g/mol. The van der Waals surface area contributed by atoms with E-state index in [4.69, 9.17) is 14.3 Å². The quantitative estimate of drug-likeness (QED) is 0.467. The van der Waals surface area contributed by atoms with Gasteiger partial charge in [-0.25, -0.2) is 0 Å². The Hall–Kier alpha value is -1.03. The van der Waals surface area contributed by atoms with Crippen molar-refractivity contribution >= 4 is 14.3 Å². The molecule has 0 amide bonds. The van der Waals surface area contributed by atoms with Gasteiger partial charge < -0.3 is 19.2 Å². The van der Waals surface area contributed by atoms with E-state index in [1.807, 2.05) is 39.5 Å². The summed E-state index contributed by atoms with van der Waals surface area (Å²) in [5.41, 5.74) is -1.06. The first-order valence-corrected chi connectivity index (χ1v) is 11.8. The molecule has 0 aromatic rings. The third-order valence-corrected chi connectivity index (χ3v) is 6.42. The highest BCUT2D eigenvalue weighted by atomic mass is 28.4. The number of nitrogens with zero attached hydrogens (tertiary/aromatic N) is 1. The van der Waals surface area contributed by atoms with Crippen molar-refractivity contribution < 1.29 is 19.1 Å². The number of hydrogen-bond donors (Lipinski definition) is 1. The number of esters is 1. The number of aliphatic hydroxyl groups is 1. The van der Waals surface area contributed by atoms with Gasteiger partial charge in [0.15, 0.2) is 8.32 Å². The van der Waals surface area contributed by atoms with Gasteiger partial charge in [0.05, 0.1) is 5.41 Å². The predicted molar refractivity (Wildman–Crippen MR) is 97.6 cm³/mol. The molecule has 1 N–H and O–H groups in total. The van der Waals surface area contributed by atoms with Gasteiger partial charge in [-0.1, -0.05) is 5.92 Å². The van der Waals surface area contributed by atoms with Crippen molar-refractivity contribution in [1.29, 1.82) is 0 Å². The zero-order valence-electron chi connectivity index (χ0n) is 16.2. The maximum atomic E-state index is 12.5. The van der Waals surface area contributed by atoms with Gasteiger partial charge in [0.2, 0.25) is 0 Å². The topological polar surface area (TPSA) is 59.0 Å². The molecule has 24 heavy (non-hydrogen) atoms. The number of ether oxygens (including phenoxy) is 1. The fourth-order valence-corrected chi connectivity index (χ4v) is 6.42. The summed E-state index contributed by atoms with van der Waals surface area (Å²) in [6, 6.07) is 3.65. The van der Waals surface area contributed by atoms with Crippen LogP contribution in [0.2, 0.25) is 19.1 Å². The zero-order valence-corrected chi connectivity index (χ0v) is 17.2. The van der Waals surface area contributed by atoms with Crippen molar-refractivity contribution in [2.75, 3.05) is 13.2 Å². The first-order chi connectivity index (χ1) is 10.9. The van der Waals surface area contributed by atoms with Crippen molar-refractivity contribution in [1.82, 2.24) is 4.90 Å². The first-order valence-electron chi connectivity index (χ1n) is 8.64. The lowest BCUT2D eigenvalue weighted by molar-refractivity contribution is -0.164. The molecule has 0 aromatic carbocycles. The summed E-state index contributed by atoms with van der Waals surface area (Å²) in [6.45, 7) is 14.5. The molecule has 1 fully saturated rings. The average Bonchev–Trinajstić information content (AvgIpc) is 2.79. The number of carbonyl (C=O) groups is 1. The normalized spacial score (nSPS) is 19.0. The van der Waals surface area contributed by atoms with Crippen molar-refractivity contribution in [3.8, 4) is 12.0 Å². The maximum Gasteiger partial charge on any atom is 0.311 e. The van der Waals surface area contributed by atoms with E-state index in [1.54, 1.807) is 0 Å². The predicted octanol–water partition coefficient (Wildman–Crippen LogP) is 2.95. The summed E-state index contributed by atoms with van der Waals surface area (Å²) in [6.07, 6.45) is 1.92. The molecule has 1 saturated heterocycles. The largest absolute Gasteiger partial charge is 0.460 e. The van der Waals surface area contributed by atoms with Crippen LogP contribution in [0.15, 0.2) is 0 Å². The second kappa shape index (κ2) is 7.90. The van der Waals surface area contributed by atoms with Gasteiger partial charge in [0.25, 0.3) is 0 Å². The van der Waals surface area contributed by atoms with Gasteiger partial charge in [0, 0.05) is 12.6 Å². The smallest absolute Gasteiger partial charge is 0.311 e. The second-order valence-corrected chi connectivity index (χ2v) is 12.8. The van der Waals surface area contributed by atoms with Crippen LogP contribution < -0.4 is 0 Å². The summed E-state index contributed by atoms with van der Waals surface area (Å²) in [5.74, 6) is 2.51. The SMILES string of the molecule is CC(C)(C)OC(=O)C(C)(C)C[Si](C)(C)O[C@@H]1CCCN1C#CCO. The summed E-state index contributed by atoms with van der Waals surface area (Å²) in [5, 5.41) is 8.87. The van der Waals surface area contributed by atoms with Crippen molar-refractivity contribution in [3.63, 3.8) is 0 Å². The fourth-order valence-electron chi connectivity index (χ4n) is 3.09. The average molecular weight is 356 g/mol. The van der Waals surface area contributed by atoms with E-state index in [0.717, 1.165) is 19.4 Å². The third kappa shape index (κ3) is 6.84. The van der Waals surface area contributed by atoms with E-state index < -0.39 is 19.3 Å². The van der Waals surface area contributed by atoms with Crippen LogP contribution in [0.25, 0.3) is 0 Å². The molecule has 0 spiro atoms. The number of aliphatic hydroxyl groups excluding tert-OH is 1. The highest BCUT2D eigenvalue weighted by Gasteiger charge is 2.42. The molecular weight excluding hydrogens is 322 g/mol. The third-order valence-electron chi connectivity index (χ3n) is 3.77. The van der Waals surface area contributed by atoms with Gasteiger partial charge in [-0.2, -0.15) is 0 Å². The molecule has 0 bridgehead atoms.